The SMILES string of the molecule is O=C(OCc1nc(-c2cccnc2)no1)c1ccccc1Sc1ccc(Br)cn1. The molecule has 0 aliphatic heterocycles. The van der Waals surface area contributed by atoms with Crippen molar-refractivity contribution in [2.45, 2.75) is 16.5 Å². The Balaban J connectivity index is 1.44. The van der Waals surface area contributed by atoms with Crippen LogP contribution in [-0.2, 0) is 11.3 Å². The summed E-state index contributed by atoms with van der Waals surface area (Å²) in [7, 11) is 0. The van der Waals surface area contributed by atoms with Gasteiger partial charge in [-0.3, -0.25) is 4.98 Å². The average Bonchev–Trinajstić information content (AvgIpc) is 3.24. The molecule has 0 atom stereocenters. The van der Waals surface area contributed by atoms with Gasteiger partial charge < -0.3 is 9.26 Å². The van der Waals surface area contributed by atoms with E-state index in [1.807, 2.05) is 30.3 Å². The van der Waals surface area contributed by atoms with Crippen molar-refractivity contribution in [1.82, 2.24) is 20.1 Å². The Bertz CT molecular complexity index is 1120. The molecule has 0 N–H and O–H groups in total. The molecule has 0 unspecified atom stereocenters. The fourth-order valence-corrected chi connectivity index (χ4v) is 3.50. The quantitative estimate of drug-likeness (QED) is 0.372. The number of hydrogen-bond acceptors (Lipinski definition) is 8. The third-order valence-electron chi connectivity index (χ3n) is 3.74. The molecule has 4 aromatic rings. The van der Waals surface area contributed by atoms with Crippen LogP contribution in [0, 0.1) is 0 Å². The smallest absolute Gasteiger partial charge is 0.339 e. The maximum absolute atomic E-state index is 12.6. The van der Waals surface area contributed by atoms with E-state index in [2.05, 4.69) is 36.0 Å². The monoisotopic (exact) mass is 468 g/mol. The third kappa shape index (κ3) is 4.87. The van der Waals surface area contributed by atoms with E-state index in [0.717, 1.165) is 20.0 Å². The van der Waals surface area contributed by atoms with Crippen LogP contribution in [-0.4, -0.2) is 26.1 Å². The second kappa shape index (κ2) is 8.97. The van der Waals surface area contributed by atoms with Crippen molar-refractivity contribution in [2.75, 3.05) is 0 Å². The van der Waals surface area contributed by atoms with Gasteiger partial charge in [0.05, 0.1) is 5.56 Å². The van der Waals surface area contributed by atoms with Gasteiger partial charge in [-0.05, 0) is 52.3 Å². The molecule has 29 heavy (non-hydrogen) atoms. The molecule has 9 heteroatoms. The normalized spacial score (nSPS) is 10.7. The van der Waals surface area contributed by atoms with Crippen LogP contribution in [0.5, 0.6) is 0 Å². The van der Waals surface area contributed by atoms with Crippen molar-refractivity contribution in [1.29, 1.82) is 0 Å². The highest BCUT2D eigenvalue weighted by Crippen LogP contribution is 2.30. The van der Waals surface area contributed by atoms with E-state index in [1.165, 1.54) is 11.8 Å². The van der Waals surface area contributed by atoms with Gasteiger partial charge in [0.1, 0.15) is 5.03 Å². The first-order valence-corrected chi connectivity index (χ1v) is 10.1. The van der Waals surface area contributed by atoms with Gasteiger partial charge in [0.15, 0.2) is 6.61 Å². The molecular weight excluding hydrogens is 456 g/mol. The number of carbonyl (C=O) groups excluding carboxylic acids is 1. The van der Waals surface area contributed by atoms with Crippen LogP contribution in [0.25, 0.3) is 11.4 Å². The molecule has 7 nitrogen and oxygen atoms in total. The lowest BCUT2D eigenvalue weighted by molar-refractivity contribution is 0.0425. The summed E-state index contributed by atoms with van der Waals surface area (Å²) in [5.74, 6) is 0.115. The molecule has 144 valence electrons. The molecule has 0 bridgehead atoms. The molecule has 0 fully saturated rings. The molecular formula is C20H13BrN4O3S. The fraction of sp³-hybridized carbons (Fsp3) is 0.0500. The van der Waals surface area contributed by atoms with Gasteiger partial charge in [0.25, 0.3) is 5.89 Å². The van der Waals surface area contributed by atoms with Crippen LogP contribution in [0.1, 0.15) is 16.2 Å². The maximum atomic E-state index is 12.6. The summed E-state index contributed by atoms with van der Waals surface area (Å²) in [4.78, 5) is 25.9. The van der Waals surface area contributed by atoms with Gasteiger partial charge in [0, 0.05) is 33.5 Å². The molecule has 3 aromatic heterocycles. The van der Waals surface area contributed by atoms with E-state index in [4.69, 9.17) is 9.26 Å². The molecule has 0 aliphatic rings. The van der Waals surface area contributed by atoms with E-state index in [-0.39, 0.29) is 12.5 Å². The molecule has 1 aromatic carbocycles. The Morgan fingerprint density at radius 2 is 2.00 bits per heavy atom. The van der Waals surface area contributed by atoms with E-state index in [1.54, 1.807) is 36.8 Å². The molecule has 4 rings (SSSR count). The number of pyridine rings is 2. The van der Waals surface area contributed by atoms with E-state index in [9.17, 15) is 4.79 Å². The summed E-state index contributed by atoms with van der Waals surface area (Å²) in [6, 6.07) is 14.5. The number of carbonyl (C=O) groups is 1. The largest absolute Gasteiger partial charge is 0.452 e. The lowest BCUT2D eigenvalue weighted by Gasteiger charge is -2.08. The number of nitrogens with zero attached hydrogens (tertiary/aromatic N) is 4. The van der Waals surface area contributed by atoms with Crippen molar-refractivity contribution >= 4 is 33.7 Å². The lowest BCUT2D eigenvalue weighted by Crippen LogP contribution is -2.07. The first-order chi connectivity index (χ1) is 14.2. The van der Waals surface area contributed by atoms with Gasteiger partial charge in [0.2, 0.25) is 5.82 Å². The van der Waals surface area contributed by atoms with Crippen LogP contribution >= 0.6 is 27.7 Å². The average molecular weight is 469 g/mol. The Morgan fingerprint density at radius 1 is 1.10 bits per heavy atom. The van der Waals surface area contributed by atoms with Crippen molar-refractivity contribution in [2.24, 2.45) is 0 Å². The summed E-state index contributed by atoms with van der Waals surface area (Å²) in [5, 5.41) is 4.65. The van der Waals surface area contributed by atoms with E-state index in [0.29, 0.717) is 11.4 Å². The highest BCUT2D eigenvalue weighted by molar-refractivity contribution is 9.10. The van der Waals surface area contributed by atoms with Crippen LogP contribution in [0.3, 0.4) is 0 Å². The summed E-state index contributed by atoms with van der Waals surface area (Å²) in [6.45, 7) is -0.123. The Labute approximate surface area is 178 Å². The van der Waals surface area contributed by atoms with Gasteiger partial charge in [-0.25, -0.2) is 9.78 Å². The summed E-state index contributed by atoms with van der Waals surface area (Å²) < 4.78 is 11.4. The minimum Gasteiger partial charge on any atom is -0.452 e. The van der Waals surface area contributed by atoms with Gasteiger partial charge in [-0.1, -0.05) is 29.1 Å². The van der Waals surface area contributed by atoms with E-state index < -0.39 is 5.97 Å². The summed E-state index contributed by atoms with van der Waals surface area (Å²) in [5.41, 5.74) is 1.16. The van der Waals surface area contributed by atoms with Gasteiger partial charge in [-0.15, -0.1) is 0 Å². The van der Waals surface area contributed by atoms with E-state index >= 15 is 0 Å². The van der Waals surface area contributed by atoms with Crippen LogP contribution < -0.4 is 0 Å². The first kappa shape index (κ1) is 19.3. The highest BCUT2D eigenvalue weighted by atomic mass is 79.9. The number of ether oxygens (including phenoxy) is 1. The van der Waals surface area contributed by atoms with Crippen molar-refractivity contribution < 1.29 is 14.1 Å². The second-order valence-electron chi connectivity index (χ2n) is 5.74. The van der Waals surface area contributed by atoms with Crippen LogP contribution in [0.4, 0.5) is 0 Å². The number of esters is 1. The van der Waals surface area contributed by atoms with Crippen molar-refractivity contribution in [3.63, 3.8) is 0 Å². The number of hydrogen-bond donors (Lipinski definition) is 0. The molecule has 0 saturated heterocycles. The predicted molar refractivity (Wildman–Crippen MR) is 109 cm³/mol. The minimum absolute atomic E-state index is 0.123. The number of rotatable bonds is 6. The standard InChI is InChI=1S/C20H13BrN4O3S/c21-14-7-8-18(23-11-14)29-16-6-2-1-5-15(16)20(26)27-12-17-24-19(25-28-17)13-4-3-9-22-10-13/h1-11H,12H2. The second-order valence-corrected chi connectivity index (χ2v) is 7.72. The summed E-state index contributed by atoms with van der Waals surface area (Å²) >= 11 is 4.74. The number of benzene rings is 1. The molecule has 0 amide bonds. The molecule has 0 radical (unpaired) electrons. The topological polar surface area (TPSA) is 91.0 Å². The number of aromatic nitrogens is 4. The first-order valence-electron chi connectivity index (χ1n) is 8.47. The predicted octanol–water partition coefficient (Wildman–Crippen LogP) is 4.80. The fourth-order valence-electron chi connectivity index (χ4n) is 2.39. The molecule has 0 saturated carbocycles. The minimum atomic E-state index is -0.480. The molecule has 0 spiro atoms. The Hall–Kier alpha value is -3.04. The third-order valence-corrected chi connectivity index (χ3v) is 5.23. The van der Waals surface area contributed by atoms with Crippen LogP contribution in [0.15, 0.2) is 86.0 Å². The van der Waals surface area contributed by atoms with Crippen LogP contribution in [0.2, 0.25) is 0 Å². The molecule has 3 heterocycles. The van der Waals surface area contributed by atoms with Crippen molar-refractivity contribution in [3.05, 3.63) is 83.0 Å². The molecule has 0 aliphatic carbocycles. The number of halogens is 1. The Morgan fingerprint density at radius 3 is 2.79 bits per heavy atom. The summed E-state index contributed by atoms with van der Waals surface area (Å²) in [6.07, 6.45) is 4.99. The maximum Gasteiger partial charge on any atom is 0.339 e. The zero-order valence-electron chi connectivity index (χ0n) is 14.9. The zero-order chi connectivity index (χ0) is 20.1. The van der Waals surface area contributed by atoms with Crippen molar-refractivity contribution in [3.8, 4) is 11.4 Å². The van der Waals surface area contributed by atoms with Gasteiger partial charge >= 0.3 is 5.97 Å². The Kier molecular flexibility index (Phi) is 5.97. The lowest BCUT2D eigenvalue weighted by atomic mass is 10.2. The zero-order valence-corrected chi connectivity index (χ0v) is 17.3. The highest BCUT2D eigenvalue weighted by Gasteiger charge is 2.16. The van der Waals surface area contributed by atoms with Gasteiger partial charge in [-0.2, -0.15) is 4.98 Å².